The van der Waals surface area contributed by atoms with E-state index in [9.17, 15) is 9.59 Å². The molecule has 6 N–H and O–H groups in total. The highest BCUT2D eigenvalue weighted by Gasteiger charge is 2.09. The van der Waals surface area contributed by atoms with E-state index in [1.54, 1.807) is 24.3 Å². The second-order valence-corrected chi connectivity index (χ2v) is 12.6. The number of carbonyl (C=O) groups is 2. The number of carbonyl (C=O) groups excluding carboxylic acids is 2. The number of hydrogen-bond donors (Lipinski definition) is 6. The van der Waals surface area contributed by atoms with Crippen molar-refractivity contribution in [3.05, 3.63) is 59.7 Å². The third kappa shape index (κ3) is 12.3. The van der Waals surface area contributed by atoms with Gasteiger partial charge in [-0.05, 0) is 68.1 Å². The van der Waals surface area contributed by atoms with Crippen LogP contribution in [0.3, 0.4) is 0 Å². The van der Waals surface area contributed by atoms with E-state index in [0.717, 1.165) is 11.1 Å². The van der Waals surface area contributed by atoms with Crippen LogP contribution in [0.25, 0.3) is 11.1 Å². The highest BCUT2D eigenvalue weighted by molar-refractivity contribution is 8.76. The summed E-state index contributed by atoms with van der Waals surface area (Å²) in [4.78, 5) is 24.8. The van der Waals surface area contributed by atoms with Crippen LogP contribution >= 0.6 is 68.0 Å². The minimum atomic E-state index is -0.227. The number of aliphatic hydroxyl groups excluding tert-OH is 2. The molecule has 0 saturated heterocycles. The predicted octanol–water partition coefficient (Wildman–Crippen LogP) is 3.31. The van der Waals surface area contributed by atoms with Crippen molar-refractivity contribution in [3.63, 3.8) is 0 Å². The summed E-state index contributed by atoms with van der Waals surface area (Å²) in [6.45, 7) is 0.920. The molecule has 2 amide bonds. The van der Waals surface area contributed by atoms with E-state index < -0.39 is 0 Å². The fourth-order valence-corrected chi connectivity index (χ4v) is 6.57. The van der Waals surface area contributed by atoms with Gasteiger partial charge in [-0.1, -0.05) is 70.3 Å². The Balaban J connectivity index is 1.71. The molecule has 0 heterocycles. The van der Waals surface area contributed by atoms with Gasteiger partial charge >= 0.3 is 0 Å². The second kappa shape index (κ2) is 19.8. The molecule has 2 aromatic rings. The molecule has 0 fully saturated rings. The van der Waals surface area contributed by atoms with Gasteiger partial charge in [0.2, 0.25) is 0 Å². The summed E-state index contributed by atoms with van der Waals surface area (Å²) in [5, 5.41) is 26.9. The molecule has 0 aromatic heterocycles. The molecule has 2 atom stereocenters. The maximum atomic E-state index is 12.4. The summed E-state index contributed by atoms with van der Waals surface area (Å²) in [7, 11) is 5.83. The number of aliphatic hydroxyl groups is 2. The molecule has 0 saturated carbocycles. The summed E-state index contributed by atoms with van der Waals surface area (Å²) >= 11 is 9.60. The van der Waals surface area contributed by atoms with Gasteiger partial charge in [-0.2, -0.15) is 0 Å². The zero-order valence-electron chi connectivity index (χ0n) is 20.3. The van der Waals surface area contributed by atoms with Gasteiger partial charge in [-0.3, -0.25) is 9.59 Å². The minimum absolute atomic E-state index is 0.0511. The number of thiocarbonyl (C=S) groups is 2. The Hall–Kier alpha value is -1.20. The second-order valence-electron chi connectivity index (χ2n) is 7.56. The van der Waals surface area contributed by atoms with Crippen molar-refractivity contribution in [2.24, 2.45) is 0 Å². The number of amides is 2. The van der Waals surface area contributed by atoms with Crippen molar-refractivity contribution in [1.82, 2.24) is 20.1 Å². The summed E-state index contributed by atoms with van der Waals surface area (Å²) < 4.78 is 6.03. The van der Waals surface area contributed by atoms with Crippen LogP contribution in [-0.4, -0.2) is 82.7 Å². The summed E-state index contributed by atoms with van der Waals surface area (Å²) in [6, 6.07) is 14.2. The molecule has 206 valence electrons. The van der Waals surface area contributed by atoms with Crippen molar-refractivity contribution in [2.75, 3.05) is 37.8 Å². The Morgan fingerprint density at radius 3 is 1.39 bits per heavy atom. The topological polar surface area (TPSA) is 123 Å². The SMILES string of the molecule is O=C(NCCSSN[C@@H](C=S)CO)c1ccc(-c2ccc(C(=O)NCCSSN[C@@H](C=S)CO)cc2)cc1. The number of hydrogen-bond acceptors (Lipinski definition) is 12. The van der Waals surface area contributed by atoms with Crippen molar-refractivity contribution >= 4 is 90.5 Å². The highest BCUT2D eigenvalue weighted by Crippen LogP contribution is 2.21. The maximum Gasteiger partial charge on any atom is 0.251 e. The maximum absolute atomic E-state index is 12.4. The molecule has 0 aliphatic carbocycles. The quantitative estimate of drug-likeness (QED) is 0.0591. The van der Waals surface area contributed by atoms with Crippen molar-refractivity contribution in [1.29, 1.82) is 0 Å². The first-order chi connectivity index (χ1) is 18.5. The van der Waals surface area contributed by atoms with Crippen LogP contribution in [0.1, 0.15) is 20.7 Å². The van der Waals surface area contributed by atoms with E-state index in [-0.39, 0.29) is 37.1 Å². The molecule has 14 heteroatoms. The van der Waals surface area contributed by atoms with Crippen LogP contribution in [0.15, 0.2) is 48.5 Å². The molecule has 38 heavy (non-hydrogen) atoms. The largest absolute Gasteiger partial charge is 0.394 e. The third-order valence-electron chi connectivity index (χ3n) is 4.81. The standard InChI is InChI=1S/C24H30N4O4S6/c29-13-21(15-33)27-37-35-11-9-25-23(31)19-5-1-17(2-6-19)18-3-7-20(8-4-18)24(32)26-10-12-36-38-28-22(14-30)16-34/h1-8,15-16,21-22,27-30H,9-14H2,(H,25,31)(H,26,32)/t21-,22-/m1/s1. The summed E-state index contributed by atoms with van der Waals surface area (Å²) in [5.74, 6) is 1.11. The normalized spacial score (nSPS) is 12.4. The highest BCUT2D eigenvalue weighted by atomic mass is 33.1. The van der Waals surface area contributed by atoms with E-state index in [1.807, 2.05) is 24.3 Å². The molecular weight excluding hydrogens is 601 g/mol. The summed E-state index contributed by atoms with van der Waals surface area (Å²) in [5.41, 5.74) is 3.04. The molecular formula is C24H30N4O4S6. The third-order valence-corrected chi connectivity index (χ3v) is 9.52. The lowest BCUT2D eigenvalue weighted by Crippen LogP contribution is -2.28. The average Bonchev–Trinajstić information content (AvgIpc) is 2.96. The van der Waals surface area contributed by atoms with Gasteiger partial charge in [0.15, 0.2) is 0 Å². The van der Waals surface area contributed by atoms with Gasteiger partial charge in [0, 0.05) is 35.7 Å². The molecule has 0 aliphatic heterocycles. The smallest absolute Gasteiger partial charge is 0.251 e. The Kier molecular flexibility index (Phi) is 17.2. The van der Waals surface area contributed by atoms with E-state index in [1.165, 1.54) is 54.3 Å². The Labute approximate surface area is 249 Å². The van der Waals surface area contributed by atoms with Gasteiger partial charge in [-0.15, -0.1) is 0 Å². The number of rotatable bonds is 19. The molecule has 2 aromatic carbocycles. The van der Waals surface area contributed by atoms with Gasteiger partial charge in [-0.25, -0.2) is 9.44 Å². The monoisotopic (exact) mass is 630 g/mol. The summed E-state index contributed by atoms with van der Waals surface area (Å²) in [6.07, 6.45) is 0. The van der Waals surface area contributed by atoms with Gasteiger partial charge < -0.3 is 20.8 Å². The fourth-order valence-electron chi connectivity index (χ4n) is 2.74. The lowest BCUT2D eigenvalue weighted by molar-refractivity contribution is 0.0948. The van der Waals surface area contributed by atoms with Crippen molar-refractivity contribution < 1.29 is 19.8 Å². The Morgan fingerprint density at radius 2 is 1.08 bits per heavy atom. The number of nitrogens with one attached hydrogen (secondary N) is 4. The first-order valence-corrected chi connectivity index (χ1v) is 17.1. The average molecular weight is 631 g/mol. The zero-order chi connectivity index (χ0) is 27.6. The Bertz CT molecular complexity index is 932. The van der Waals surface area contributed by atoms with Gasteiger partial charge in [0.1, 0.15) is 0 Å². The molecule has 0 aliphatic rings. The molecule has 2 rings (SSSR count). The van der Waals surface area contributed by atoms with Crippen LogP contribution in [0.2, 0.25) is 0 Å². The molecule has 8 nitrogen and oxygen atoms in total. The van der Waals surface area contributed by atoms with Gasteiger partial charge in [0.25, 0.3) is 11.8 Å². The molecule has 0 bridgehead atoms. The molecule has 0 spiro atoms. The lowest BCUT2D eigenvalue weighted by Gasteiger charge is -2.10. The number of benzene rings is 2. The van der Waals surface area contributed by atoms with Crippen molar-refractivity contribution in [2.45, 2.75) is 12.1 Å². The zero-order valence-corrected chi connectivity index (χ0v) is 25.2. The Morgan fingerprint density at radius 1 is 0.711 bits per heavy atom. The minimum Gasteiger partial charge on any atom is -0.394 e. The first-order valence-electron chi connectivity index (χ1n) is 11.5. The molecule has 0 radical (unpaired) electrons. The first kappa shape index (κ1) is 33.0. The van der Waals surface area contributed by atoms with E-state index >= 15 is 0 Å². The van der Waals surface area contributed by atoms with E-state index in [4.69, 9.17) is 34.6 Å². The van der Waals surface area contributed by atoms with E-state index in [0.29, 0.717) is 35.7 Å². The van der Waals surface area contributed by atoms with Gasteiger partial charge in [0.05, 0.1) is 25.3 Å². The van der Waals surface area contributed by atoms with Crippen LogP contribution in [-0.2, 0) is 0 Å². The van der Waals surface area contributed by atoms with Crippen LogP contribution in [0.5, 0.6) is 0 Å². The van der Waals surface area contributed by atoms with Crippen LogP contribution < -0.4 is 20.1 Å². The van der Waals surface area contributed by atoms with Crippen LogP contribution in [0.4, 0.5) is 0 Å². The van der Waals surface area contributed by atoms with E-state index in [2.05, 4.69) is 20.1 Å². The lowest BCUT2D eigenvalue weighted by atomic mass is 10.0. The van der Waals surface area contributed by atoms with Crippen molar-refractivity contribution in [3.8, 4) is 11.1 Å². The molecule has 0 unspecified atom stereocenters. The predicted molar refractivity (Wildman–Crippen MR) is 172 cm³/mol. The van der Waals surface area contributed by atoms with Crippen LogP contribution in [0, 0.1) is 0 Å². The fraction of sp³-hybridized carbons (Fsp3) is 0.333.